The standard InChI is InChI=1S/C21H9ClF12NP/c22-16-2-1-3-17(35-16)36(14-8-10(18(23,24)25)4-6-12(14)20(29,30)31)15-9-11(19(26,27)28)5-7-13(15)21(32,33)34/h1-9H. The first-order valence-corrected chi connectivity index (χ1v) is 11.0. The highest BCUT2D eigenvalue weighted by Crippen LogP contribution is 2.45. The van der Waals surface area contributed by atoms with Crippen LogP contribution < -0.4 is 16.0 Å². The molecule has 1 nitrogen and oxygen atoms in total. The zero-order valence-corrected chi connectivity index (χ0v) is 18.7. The van der Waals surface area contributed by atoms with Gasteiger partial charge in [-0.15, -0.1) is 0 Å². The van der Waals surface area contributed by atoms with E-state index in [-0.39, 0.29) is 36.4 Å². The maximum Gasteiger partial charge on any atom is 0.417 e. The van der Waals surface area contributed by atoms with Gasteiger partial charge in [-0.3, -0.25) is 0 Å². The summed E-state index contributed by atoms with van der Waals surface area (Å²) in [5.41, 5.74) is -7.52. The molecule has 36 heavy (non-hydrogen) atoms. The Balaban J connectivity index is 2.53. The normalized spacial score (nSPS) is 13.4. The molecule has 1 heterocycles. The maximum atomic E-state index is 13.8. The number of pyridine rings is 1. The van der Waals surface area contributed by atoms with Gasteiger partial charge in [-0.25, -0.2) is 4.98 Å². The minimum absolute atomic E-state index is 0.0128. The van der Waals surface area contributed by atoms with Crippen LogP contribution in [-0.4, -0.2) is 4.98 Å². The largest absolute Gasteiger partial charge is 0.417 e. The van der Waals surface area contributed by atoms with Crippen LogP contribution in [0.2, 0.25) is 5.15 Å². The van der Waals surface area contributed by atoms with E-state index in [1.807, 2.05) is 0 Å². The fourth-order valence-corrected chi connectivity index (χ4v) is 6.00. The topological polar surface area (TPSA) is 12.9 Å². The van der Waals surface area contributed by atoms with Gasteiger partial charge in [0.1, 0.15) is 5.15 Å². The van der Waals surface area contributed by atoms with E-state index in [9.17, 15) is 52.7 Å². The number of hydrogen-bond donors (Lipinski definition) is 0. The molecule has 0 aliphatic carbocycles. The first-order valence-electron chi connectivity index (χ1n) is 9.29. The van der Waals surface area contributed by atoms with Crippen LogP contribution >= 0.6 is 19.5 Å². The molecule has 1 aromatic heterocycles. The monoisotopic (exact) mass is 569 g/mol. The minimum atomic E-state index is -5.38. The smallest absolute Gasteiger partial charge is 0.236 e. The molecule has 15 heteroatoms. The Bertz CT molecular complexity index is 1190. The molecule has 0 N–H and O–H groups in total. The molecule has 0 atom stereocenters. The molecule has 0 amide bonds. The van der Waals surface area contributed by atoms with Crippen LogP contribution in [0.25, 0.3) is 0 Å². The summed E-state index contributed by atoms with van der Waals surface area (Å²) in [6, 6.07) is 3.10. The van der Waals surface area contributed by atoms with E-state index in [1.165, 1.54) is 0 Å². The minimum Gasteiger partial charge on any atom is -0.236 e. The van der Waals surface area contributed by atoms with Gasteiger partial charge < -0.3 is 0 Å². The zero-order valence-electron chi connectivity index (χ0n) is 17.0. The summed E-state index contributed by atoms with van der Waals surface area (Å²) in [5, 5.41) is -3.11. The Morgan fingerprint density at radius 1 is 0.556 bits per heavy atom. The molecule has 0 fully saturated rings. The van der Waals surface area contributed by atoms with Crippen molar-refractivity contribution in [1.82, 2.24) is 4.98 Å². The SMILES string of the molecule is FC(F)(F)c1ccc(C(F)(F)F)c(P(c2cccc(Cl)n2)c2cc(C(F)(F)F)ccc2C(F)(F)F)c1. The first kappa shape index (κ1) is 28.0. The molecular formula is C21H9ClF12NP. The molecule has 0 spiro atoms. The summed E-state index contributed by atoms with van der Waals surface area (Å²) in [6.07, 6.45) is -21.2. The average molecular weight is 570 g/mol. The third-order valence-electron chi connectivity index (χ3n) is 4.67. The molecule has 194 valence electrons. The predicted octanol–water partition coefficient (Wildman–Crippen LogP) is 7.57. The second-order valence-corrected chi connectivity index (χ2v) is 9.59. The van der Waals surface area contributed by atoms with E-state index in [4.69, 9.17) is 11.6 Å². The van der Waals surface area contributed by atoms with Gasteiger partial charge in [0.15, 0.2) is 0 Å². The summed E-state index contributed by atoms with van der Waals surface area (Å²) in [6.45, 7) is 0. The van der Waals surface area contributed by atoms with E-state index < -0.39 is 76.1 Å². The summed E-state index contributed by atoms with van der Waals surface area (Å²) in [7, 11) is -3.39. The lowest BCUT2D eigenvalue weighted by atomic mass is 10.1. The van der Waals surface area contributed by atoms with Gasteiger partial charge in [-0.1, -0.05) is 17.7 Å². The highest BCUT2D eigenvalue weighted by atomic mass is 35.5. The molecule has 0 aliphatic heterocycles. The van der Waals surface area contributed by atoms with Crippen molar-refractivity contribution in [3.63, 3.8) is 0 Å². The Kier molecular flexibility index (Phi) is 7.33. The first-order chi connectivity index (χ1) is 16.3. The van der Waals surface area contributed by atoms with Crippen LogP contribution in [0.4, 0.5) is 52.7 Å². The van der Waals surface area contributed by atoms with Gasteiger partial charge in [-0.2, -0.15) is 52.7 Å². The van der Waals surface area contributed by atoms with Crippen molar-refractivity contribution in [3.05, 3.63) is 82.0 Å². The summed E-state index contributed by atoms with van der Waals surface area (Å²) in [4.78, 5) is 3.65. The van der Waals surface area contributed by atoms with Gasteiger partial charge in [-0.05, 0) is 59.1 Å². The average Bonchev–Trinajstić information content (AvgIpc) is 2.71. The number of nitrogens with zero attached hydrogens (tertiary/aromatic N) is 1. The summed E-state index contributed by atoms with van der Waals surface area (Å²) >= 11 is 5.73. The van der Waals surface area contributed by atoms with Crippen molar-refractivity contribution >= 4 is 35.6 Å². The summed E-state index contributed by atoms with van der Waals surface area (Å²) in [5.74, 6) is 0. The fraction of sp³-hybridized carbons (Fsp3) is 0.190. The van der Waals surface area contributed by atoms with Crippen LogP contribution in [0.1, 0.15) is 22.3 Å². The molecule has 0 aliphatic rings. The quantitative estimate of drug-likeness (QED) is 0.180. The Labute approximate surface area is 200 Å². The molecule has 0 radical (unpaired) electrons. The van der Waals surface area contributed by atoms with Gasteiger partial charge >= 0.3 is 24.7 Å². The van der Waals surface area contributed by atoms with Crippen LogP contribution in [-0.2, 0) is 24.7 Å². The number of rotatable bonds is 3. The number of benzene rings is 2. The molecule has 0 unspecified atom stereocenters. The molecule has 0 bridgehead atoms. The molecule has 2 aromatic carbocycles. The van der Waals surface area contributed by atoms with E-state index in [0.29, 0.717) is 0 Å². The lowest BCUT2D eigenvalue weighted by Gasteiger charge is -2.26. The van der Waals surface area contributed by atoms with Crippen molar-refractivity contribution < 1.29 is 52.7 Å². The van der Waals surface area contributed by atoms with Crippen molar-refractivity contribution in [3.8, 4) is 0 Å². The molecule has 3 aromatic rings. The molecule has 0 saturated heterocycles. The number of alkyl halides is 12. The van der Waals surface area contributed by atoms with Crippen LogP contribution in [0, 0.1) is 0 Å². The van der Waals surface area contributed by atoms with Crippen molar-refractivity contribution in [2.24, 2.45) is 0 Å². The number of aromatic nitrogens is 1. The lowest BCUT2D eigenvalue weighted by molar-refractivity contribution is -0.140. The Morgan fingerprint density at radius 2 is 0.972 bits per heavy atom. The van der Waals surface area contributed by atoms with Gasteiger partial charge in [0.2, 0.25) is 0 Å². The van der Waals surface area contributed by atoms with Gasteiger partial charge in [0.05, 0.1) is 27.7 Å². The van der Waals surface area contributed by atoms with E-state index in [2.05, 4.69) is 4.98 Å². The highest BCUT2D eigenvalue weighted by Gasteiger charge is 2.43. The molecule has 3 rings (SSSR count). The van der Waals surface area contributed by atoms with Crippen LogP contribution in [0.3, 0.4) is 0 Å². The van der Waals surface area contributed by atoms with Crippen molar-refractivity contribution in [2.75, 3.05) is 0 Å². The highest BCUT2D eigenvalue weighted by molar-refractivity contribution is 7.79. The third-order valence-corrected chi connectivity index (χ3v) is 7.29. The molecular weight excluding hydrogens is 561 g/mol. The third kappa shape index (κ3) is 6.05. The van der Waals surface area contributed by atoms with Crippen LogP contribution in [0.5, 0.6) is 0 Å². The fourth-order valence-electron chi connectivity index (χ4n) is 3.16. The Hall–Kier alpha value is -2.53. The van der Waals surface area contributed by atoms with Gasteiger partial charge in [0.25, 0.3) is 0 Å². The summed E-state index contributed by atoms with van der Waals surface area (Å²) < 4.78 is 163. The molecule has 0 saturated carbocycles. The van der Waals surface area contributed by atoms with Crippen molar-refractivity contribution in [1.29, 1.82) is 0 Å². The van der Waals surface area contributed by atoms with E-state index in [0.717, 1.165) is 18.2 Å². The van der Waals surface area contributed by atoms with Crippen LogP contribution in [0.15, 0.2) is 54.6 Å². The second kappa shape index (κ2) is 9.41. The number of hydrogen-bond acceptors (Lipinski definition) is 1. The predicted molar refractivity (Wildman–Crippen MR) is 108 cm³/mol. The van der Waals surface area contributed by atoms with Gasteiger partial charge in [0, 0.05) is 7.92 Å². The van der Waals surface area contributed by atoms with Crippen molar-refractivity contribution in [2.45, 2.75) is 24.7 Å². The van der Waals surface area contributed by atoms with E-state index >= 15 is 0 Å². The second-order valence-electron chi connectivity index (χ2n) is 7.11. The number of halogens is 13. The Morgan fingerprint density at radius 3 is 1.31 bits per heavy atom. The zero-order chi connectivity index (χ0) is 27.3. The lowest BCUT2D eigenvalue weighted by Crippen LogP contribution is -2.33. The maximum absolute atomic E-state index is 13.8. The van der Waals surface area contributed by atoms with E-state index in [1.54, 1.807) is 0 Å².